The lowest BCUT2D eigenvalue weighted by Crippen LogP contribution is -2.68. The third-order valence-corrected chi connectivity index (χ3v) is 6.45. The Morgan fingerprint density at radius 2 is 1.28 bits per heavy atom. The van der Waals surface area contributed by atoms with Gasteiger partial charge in [-0.25, -0.2) is 0 Å². The number of rotatable bonds is 7. The summed E-state index contributed by atoms with van der Waals surface area (Å²) in [5.74, 6) is -0.620. The molecule has 0 aliphatic carbocycles. The molecule has 0 aromatic carbocycles. The summed E-state index contributed by atoms with van der Waals surface area (Å²) in [6.07, 6.45) is -21.8. The molecule has 0 spiro atoms. The van der Waals surface area contributed by atoms with Gasteiger partial charge < -0.3 is 75.0 Å². The second-order valence-corrected chi connectivity index (χ2v) is 9.05. The zero-order valence-corrected chi connectivity index (χ0v) is 19.5. The number of hydrogen-bond donors (Lipinski definition) is 10. The summed E-state index contributed by atoms with van der Waals surface area (Å²) >= 11 is 0. The monoisotopic (exact) mass is 529 g/mol. The van der Waals surface area contributed by atoms with Gasteiger partial charge in [-0.3, -0.25) is 4.79 Å². The van der Waals surface area contributed by atoms with E-state index >= 15 is 0 Å². The summed E-state index contributed by atoms with van der Waals surface area (Å²) in [7, 11) is 0. The minimum Gasteiger partial charge on any atom is -0.394 e. The number of nitrogens with one attached hydrogen (secondary N) is 1. The SMILES string of the molecule is CC(=O)N[C@@H]1[C@@H](O[C@@H]2O[C@H](CO)[C@H](O[C@@H]3O[C@@H](C)[C@H](O)[C@@H](O)[C@H]3O)[C@H](O)[C@H]2O)[C@@H](O)[C@@H](CO)O[C@H]1O. The normalized spacial score (nSPS) is 50.0. The van der Waals surface area contributed by atoms with E-state index in [1.54, 1.807) is 0 Å². The zero-order valence-electron chi connectivity index (χ0n) is 19.5. The van der Waals surface area contributed by atoms with Gasteiger partial charge in [0.2, 0.25) is 5.91 Å². The van der Waals surface area contributed by atoms with Gasteiger partial charge in [-0.2, -0.15) is 0 Å². The van der Waals surface area contributed by atoms with Crippen LogP contribution in [0.2, 0.25) is 0 Å². The summed E-state index contributed by atoms with van der Waals surface area (Å²) in [6.45, 7) is 1.03. The van der Waals surface area contributed by atoms with Crippen LogP contribution in [0, 0.1) is 0 Å². The van der Waals surface area contributed by atoms with Crippen LogP contribution in [0.1, 0.15) is 13.8 Å². The molecule has 0 aromatic rings. The van der Waals surface area contributed by atoms with E-state index in [9.17, 15) is 50.8 Å². The number of aliphatic hydroxyl groups is 9. The number of carbonyl (C=O) groups excluding carboxylic acids is 1. The molecule has 0 aromatic heterocycles. The molecule has 36 heavy (non-hydrogen) atoms. The fraction of sp³-hybridized carbons (Fsp3) is 0.950. The maximum Gasteiger partial charge on any atom is 0.217 e. The van der Waals surface area contributed by atoms with Gasteiger partial charge in [0.15, 0.2) is 18.9 Å². The molecule has 0 unspecified atom stereocenters. The number of aliphatic hydroxyl groups excluding tert-OH is 9. The van der Waals surface area contributed by atoms with Crippen molar-refractivity contribution < 1.29 is 74.4 Å². The van der Waals surface area contributed by atoms with Crippen LogP contribution < -0.4 is 5.32 Å². The maximum atomic E-state index is 11.6. The van der Waals surface area contributed by atoms with Gasteiger partial charge in [-0.15, -0.1) is 0 Å². The molecular formula is C20H35NO15. The number of ether oxygens (including phenoxy) is 5. The van der Waals surface area contributed by atoms with Crippen LogP contribution >= 0.6 is 0 Å². The molecule has 3 aliphatic heterocycles. The van der Waals surface area contributed by atoms with Crippen LogP contribution in [0.25, 0.3) is 0 Å². The van der Waals surface area contributed by atoms with Crippen molar-refractivity contribution in [2.45, 2.75) is 106 Å². The van der Waals surface area contributed by atoms with Crippen LogP contribution in [0.15, 0.2) is 0 Å². The Morgan fingerprint density at radius 1 is 0.722 bits per heavy atom. The van der Waals surface area contributed by atoms with Crippen molar-refractivity contribution in [1.82, 2.24) is 5.32 Å². The molecule has 0 radical (unpaired) electrons. The average molecular weight is 529 g/mol. The lowest BCUT2D eigenvalue weighted by molar-refractivity contribution is -0.370. The Labute approximate surface area is 205 Å². The zero-order chi connectivity index (χ0) is 26.9. The topological polar surface area (TPSA) is 257 Å². The largest absolute Gasteiger partial charge is 0.394 e. The van der Waals surface area contributed by atoms with E-state index in [1.807, 2.05) is 0 Å². The molecule has 0 bridgehead atoms. The Bertz CT molecular complexity index is 729. The van der Waals surface area contributed by atoms with Crippen LogP contribution in [-0.2, 0) is 28.5 Å². The van der Waals surface area contributed by atoms with Crippen molar-refractivity contribution in [2.75, 3.05) is 13.2 Å². The van der Waals surface area contributed by atoms with Gasteiger partial charge in [0.1, 0.15) is 67.1 Å². The molecule has 210 valence electrons. The number of amides is 1. The molecule has 3 fully saturated rings. The highest BCUT2D eigenvalue weighted by atomic mass is 16.7. The first-order chi connectivity index (χ1) is 16.9. The molecule has 10 N–H and O–H groups in total. The van der Waals surface area contributed by atoms with Crippen molar-refractivity contribution in [2.24, 2.45) is 0 Å². The van der Waals surface area contributed by atoms with Gasteiger partial charge in [-0.1, -0.05) is 0 Å². The summed E-state index contributed by atoms with van der Waals surface area (Å²) < 4.78 is 27.1. The number of carbonyl (C=O) groups is 1. The van der Waals surface area contributed by atoms with E-state index in [0.717, 1.165) is 6.92 Å². The summed E-state index contributed by atoms with van der Waals surface area (Å²) in [6, 6.07) is -1.37. The van der Waals surface area contributed by atoms with Crippen molar-refractivity contribution in [3.05, 3.63) is 0 Å². The summed E-state index contributed by atoms with van der Waals surface area (Å²) in [5.41, 5.74) is 0. The van der Waals surface area contributed by atoms with Gasteiger partial charge in [0.05, 0.1) is 19.3 Å². The first kappa shape index (κ1) is 29.5. The fourth-order valence-electron chi connectivity index (χ4n) is 4.40. The molecular weight excluding hydrogens is 494 g/mol. The molecule has 3 heterocycles. The van der Waals surface area contributed by atoms with E-state index in [4.69, 9.17) is 23.7 Å². The molecule has 1 amide bonds. The first-order valence-corrected chi connectivity index (χ1v) is 11.4. The minimum atomic E-state index is -1.88. The van der Waals surface area contributed by atoms with E-state index in [1.165, 1.54) is 6.92 Å². The van der Waals surface area contributed by atoms with Gasteiger partial charge in [0.25, 0.3) is 0 Å². The highest BCUT2D eigenvalue weighted by molar-refractivity contribution is 5.73. The highest BCUT2D eigenvalue weighted by Crippen LogP contribution is 2.32. The maximum absolute atomic E-state index is 11.6. The van der Waals surface area contributed by atoms with Crippen LogP contribution in [0.4, 0.5) is 0 Å². The highest BCUT2D eigenvalue weighted by Gasteiger charge is 2.53. The molecule has 3 rings (SSSR count). The summed E-state index contributed by atoms with van der Waals surface area (Å²) in [5, 5.41) is 93.8. The second kappa shape index (κ2) is 12.2. The van der Waals surface area contributed by atoms with E-state index in [0.29, 0.717) is 0 Å². The lowest BCUT2D eigenvalue weighted by Gasteiger charge is -2.48. The minimum absolute atomic E-state index is 0.620. The van der Waals surface area contributed by atoms with Crippen LogP contribution in [0.5, 0.6) is 0 Å². The molecule has 16 heteroatoms. The van der Waals surface area contributed by atoms with Crippen molar-refractivity contribution in [1.29, 1.82) is 0 Å². The smallest absolute Gasteiger partial charge is 0.217 e. The Kier molecular flexibility index (Phi) is 9.97. The molecule has 0 saturated carbocycles. The van der Waals surface area contributed by atoms with Crippen molar-refractivity contribution in [3.8, 4) is 0 Å². The van der Waals surface area contributed by atoms with Gasteiger partial charge in [-0.05, 0) is 6.92 Å². The fourth-order valence-corrected chi connectivity index (χ4v) is 4.40. The van der Waals surface area contributed by atoms with Crippen LogP contribution in [-0.4, -0.2) is 157 Å². The van der Waals surface area contributed by atoms with Crippen molar-refractivity contribution in [3.63, 3.8) is 0 Å². The van der Waals surface area contributed by atoms with Crippen LogP contribution in [0.3, 0.4) is 0 Å². The lowest BCUT2D eigenvalue weighted by atomic mass is 9.95. The van der Waals surface area contributed by atoms with Crippen molar-refractivity contribution >= 4 is 5.91 Å². The predicted octanol–water partition coefficient (Wildman–Crippen LogP) is -6.40. The van der Waals surface area contributed by atoms with E-state index in [-0.39, 0.29) is 0 Å². The third kappa shape index (κ3) is 5.97. The molecule has 16 nitrogen and oxygen atoms in total. The quantitative estimate of drug-likeness (QED) is 0.147. The average Bonchev–Trinajstić information content (AvgIpc) is 2.84. The molecule has 15 atom stereocenters. The summed E-state index contributed by atoms with van der Waals surface area (Å²) in [4.78, 5) is 11.6. The Hall–Kier alpha value is -1.09. The number of hydrogen-bond acceptors (Lipinski definition) is 15. The molecule has 3 aliphatic rings. The van der Waals surface area contributed by atoms with E-state index < -0.39 is 111 Å². The standard InChI is InChI=1S/C20H35NO15/c1-5-10(25)12(27)14(29)19(32-5)35-16-8(4-23)34-20(15(30)13(16)28)36-17-9(21-6(2)24)18(31)33-7(3-22)11(17)26/h5,7-20,22-23,25-31H,3-4H2,1-2H3,(H,21,24)/t5-,7+,8+,9+,10-,11-,12+,13+,14+,15+,16-,17+,18+,19-,20-/m0/s1. The molecule has 3 saturated heterocycles. The van der Waals surface area contributed by atoms with Gasteiger partial charge >= 0.3 is 0 Å². The second-order valence-electron chi connectivity index (χ2n) is 9.05. The third-order valence-electron chi connectivity index (χ3n) is 6.45. The predicted molar refractivity (Wildman–Crippen MR) is 111 cm³/mol. The van der Waals surface area contributed by atoms with E-state index in [2.05, 4.69) is 5.32 Å². The Balaban J connectivity index is 1.76. The first-order valence-electron chi connectivity index (χ1n) is 11.4. The van der Waals surface area contributed by atoms with Gasteiger partial charge in [0, 0.05) is 6.92 Å². The Morgan fingerprint density at radius 3 is 1.86 bits per heavy atom.